The van der Waals surface area contributed by atoms with Crippen LogP contribution in [-0.2, 0) is 6.54 Å². The molecule has 1 aliphatic rings. The summed E-state index contributed by atoms with van der Waals surface area (Å²) in [5, 5.41) is 4.34. The Bertz CT molecular complexity index is 434. The number of anilines is 1. The van der Waals surface area contributed by atoms with Gasteiger partial charge in [-0.1, -0.05) is 24.6 Å². The number of likely N-dealkylation sites (N-methyl/N-ethyl adjacent to an activating group) is 1. The molecule has 1 saturated heterocycles. The molecule has 0 amide bonds. The number of nitrogens with zero attached hydrogens (tertiary/aromatic N) is 2. The van der Waals surface area contributed by atoms with E-state index in [1.807, 2.05) is 6.07 Å². The van der Waals surface area contributed by atoms with Gasteiger partial charge in [-0.3, -0.25) is 0 Å². The van der Waals surface area contributed by atoms with Crippen LogP contribution in [0.25, 0.3) is 0 Å². The van der Waals surface area contributed by atoms with E-state index < -0.39 is 0 Å². The predicted octanol–water partition coefficient (Wildman–Crippen LogP) is 2.98. The molecule has 0 radical (unpaired) electrons. The molecular weight excluding hydrogens is 270 g/mol. The number of nitrogens with one attached hydrogen (secondary N) is 1. The molecular formula is C16H26ClN3. The van der Waals surface area contributed by atoms with Gasteiger partial charge in [-0.05, 0) is 45.6 Å². The van der Waals surface area contributed by atoms with Crippen LogP contribution in [0.1, 0.15) is 25.3 Å². The number of halogens is 1. The van der Waals surface area contributed by atoms with E-state index in [-0.39, 0.29) is 0 Å². The van der Waals surface area contributed by atoms with Crippen molar-refractivity contribution in [1.29, 1.82) is 0 Å². The Morgan fingerprint density at radius 3 is 2.85 bits per heavy atom. The zero-order chi connectivity index (χ0) is 14.5. The fourth-order valence-corrected chi connectivity index (χ4v) is 3.03. The van der Waals surface area contributed by atoms with E-state index >= 15 is 0 Å². The molecule has 1 fully saturated rings. The normalized spacial score (nSPS) is 19.1. The lowest BCUT2D eigenvalue weighted by Gasteiger charge is -2.24. The largest absolute Gasteiger partial charge is 0.370 e. The number of hydrogen-bond acceptors (Lipinski definition) is 3. The molecule has 1 N–H and O–H groups in total. The molecule has 2 rings (SSSR count). The monoisotopic (exact) mass is 295 g/mol. The third-order valence-electron chi connectivity index (χ3n) is 4.06. The summed E-state index contributed by atoms with van der Waals surface area (Å²) in [6, 6.07) is 6.90. The van der Waals surface area contributed by atoms with Gasteiger partial charge in [0.05, 0.1) is 0 Å². The van der Waals surface area contributed by atoms with Crippen LogP contribution in [0.15, 0.2) is 18.2 Å². The van der Waals surface area contributed by atoms with Crippen LogP contribution in [0.3, 0.4) is 0 Å². The number of benzene rings is 1. The first-order valence-corrected chi connectivity index (χ1v) is 7.90. The van der Waals surface area contributed by atoms with Crippen LogP contribution < -0.4 is 10.2 Å². The first kappa shape index (κ1) is 15.6. The van der Waals surface area contributed by atoms with Crippen molar-refractivity contribution in [3.63, 3.8) is 0 Å². The molecule has 0 aliphatic carbocycles. The third-order valence-corrected chi connectivity index (χ3v) is 4.41. The SMILES string of the molecule is CCCNCc1c(Cl)cccc1N1CCC(N(C)C)C1. The standard InChI is InChI=1S/C16H26ClN3/c1-4-9-18-11-14-15(17)6-5-7-16(14)20-10-8-13(12-20)19(2)3/h5-7,13,18H,4,8-12H2,1-3H3. The average molecular weight is 296 g/mol. The molecule has 1 heterocycles. The summed E-state index contributed by atoms with van der Waals surface area (Å²) < 4.78 is 0. The molecule has 4 heteroatoms. The Balaban J connectivity index is 2.13. The smallest absolute Gasteiger partial charge is 0.0471 e. The van der Waals surface area contributed by atoms with Crippen molar-refractivity contribution in [2.45, 2.75) is 32.4 Å². The molecule has 20 heavy (non-hydrogen) atoms. The fourth-order valence-electron chi connectivity index (χ4n) is 2.79. The molecule has 0 aromatic heterocycles. The summed E-state index contributed by atoms with van der Waals surface area (Å²) in [5.41, 5.74) is 2.53. The van der Waals surface area contributed by atoms with Gasteiger partial charge in [0.1, 0.15) is 0 Å². The van der Waals surface area contributed by atoms with Crippen LogP contribution in [0.5, 0.6) is 0 Å². The zero-order valence-corrected chi connectivity index (χ0v) is 13.6. The maximum absolute atomic E-state index is 6.41. The lowest BCUT2D eigenvalue weighted by Crippen LogP contribution is -2.32. The lowest BCUT2D eigenvalue weighted by molar-refractivity contribution is 0.315. The minimum Gasteiger partial charge on any atom is -0.370 e. The summed E-state index contributed by atoms with van der Waals surface area (Å²) in [4.78, 5) is 4.79. The minimum absolute atomic E-state index is 0.644. The van der Waals surface area contributed by atoms with E-state index in [2.05, 4.69) is 48.3 Å². The first-order valence-electron chi connectivity index (χ1n) is 7.53. The van der Waals surface area contributed by atoms with Crippen molar-refractivity contribution in [1.82, 2.24) is 10.2 Å². The van der Waals surface area contributed by atoms with E-state index in [1.54, 1.807) is 0 Å². The lowest BCUT2D eigenvalue weighted by atomic mass is 10.1. The summed E-state index contributed by atoms with van der Waals surface area (Å²) in [7, 11) is 4.33. The molecule has 0 spiro atoms. The van der Waals surface area contributed by atoms with Crippen molar-refractivity contribution in [2.24, 2.45) is 0 Å². The van der Waals surface area contributed by atoms with Gasteiger partial charge < -0.3 is 15.1 Å². The highest BCUT2D eigenvalue weighted by Crippen LogP contribution is 2.30. The Morgan fingerprint density at radius 1 is 1.40 bits per heavy atom. The second-order valence-corrected chi connectivity index (χ2v) is 6.17. The Kier molecular flexibility index (Phi) is 5.70. The zero-order valence-electron chi connectivity index (χ0n) is 12.8. The van der Waals surface area contributed by atoms with Gasteiger partial charge in [0.25, 0.3) is 0 Å². The molecule has 0 bridgehead atoms. The predicted molar refractivity (Wildman–Crippen MR) is 87.8 cm³/mol. The molecule has 3 nitrogen and oxygen atoms in total. The van der Waals surface area contributed by atoms with Crippen molar-refractivity contribution in [2.75, 3.05) is 38.6 Å². The van der Waals surface area contributed by atoms with E-state index in [0.29, 0.717) is 6.04 Å². The van der Waals surface area contributed by atoms with E-state index in [9.17, 15) is 0 Å². The van der Waals surface area contributed by atoms with Crippen LogP contribution in [-0.4, -0.2) is 44.7 Å². The van der Waals surface area contributed by atoms with E-state index in [4.69, 9.17) is 11.6 Å². The summed E-state index contributed by atoms with van der Waals surface area (Å²) >= 11 is 6.41. The molecule has 1 aromatic carbocycles. The number of hydrogen-bond donors (Lipinski definition) is 1. The highest BCUT2D eigenvalue weighted by atomic mass is 35.5. The van der Waals surface area contributed by atoms with Crippen molar-refractivity contribution >= 4 is 17.3 Å². The van der Waals surface area contributed by atoms with Crippen molar-refractivity contribution in [3.05, 3.63) is 28.8 Å². The number of rotatable bonds is 6. The topological polar surface area (TPSA) is 18.5 Å². The van der Waals surface area contributed by atoms with Crippen LogP contribution in [0, 0.1) is 0 Å². The Morgan fingerprint density at radius 2 is 2.20 bits per heavy atom. The quantitative estimate of drug-likeness (QED) is 0.814. The van der Waals surface area contributed by atoms with Crippen LogP contribution >= 0.6 is 11.6 Å². The second-order valence-electron chi connectivity index (χ2n) is 5.77. The van der Waals surface area contributed by atoms with E-state index in [0.717, 1.165) is 37.6 Å². The van der Waals surface area contributed by atoms with Crippen LogP contribution in [0.2, 0.25) is 5.02 Å². The van der Waals surface area contributed by atoms with Gasteiger partial charge in [-0.25, -0.2) is 0 Å². The molecule has 112 valence electrons. The molecule has 0 saturated carbocycles. The molecule has 1 atom stereocenters. The van der Waals surface area contributed by atoms with Crippen molar-refractivity contribution in [3.8, 4) is 0 Å². The van der Waals surface area contributed by atoms with Gasteiger partial charge in [-0.2, -0.15) is 0 Å². The van der Waals surface area contributed by atoms with Gasteiger partial charge in [0, 0.05) is 41.9 Å². The van der Waals surface area contributed by atoms with E-state index in [1.165, 1.54) is 17.7 Å². The molecule has 1 unspecified atom stereocenters. The third kappa shape index (κ3) is 3.66. The second kappa shape index (κ2) is 7.30. The van der Waals surface area contributed by atoms with Crippen molar-refractivity contribution < 1.29 is 0 Å². The average Bonchev–Trinajstić information content (AvgIpc) is 2.90. The van der Waals surface area contributed by atoms with Crippen LogP contribution in [0.4, 0.5) is 5.69 Å². The Hall–Kier alpha value is -0.770. The van der Waals surface area contributed by atoms with Gasteiger partial charge >= 0.3 is 0 Å². The van der Waals surface area contributed by atoms with Gasteiger partial charge in [0.15, 0.2) is 0 Å². The summed E-state index contributed by atoms with van der Waals surface area (Å²) in [5.74, 6) is 0. The summed E-state index contributed by atoms with van der Waals surface area (Å²) in [6.45, 7) is 6.28. The first-order chi connectivity index (χ1) is 9.63. The Labute approximate surface area is 127 Å². The fraction of sp³-hybridized carbons (Fsp3) is 0.625. The highest BCUT2D eigenvalue weighted by Gasteiger charge is 2.25. The molecule has 1 aromatic rings. The minimum atomic E-state index is 0.644. The van der Waals surface area contributed by atoms with Gasteiger partial charge in [-0.15, -0.1) is 0 Å². The maximum atomic E-state index is 6.41. The summed E-state index contributed by atoms with van der Waals surface area (Å²) in [6.07, 6.45) is 2.37. The molecule has 1 aliphatic heterocycles. The van der Waals surface area contributed by atoms with Gasteiger partial charge in [0.2, 0.25) is 0 Å². The highest BCUT2D eigenvalue weighted by molar-refractivity contribution is 6.31. The maximum Gasteiger partial charge on any atom is 0.0471 e.